The van der Waals surface area contributed by atoms with Gasteiger partial charge in [0.1, 0.15) is 12.1 Å². The van der Waals surface area contributed by atoms with Crippen LogP contribution in [-0.4, -0.2) is 42.7 Å². The lowest BCUT2D eigenvalue weighted by Gasteiger charge is -2.36. The van der Waals surface area contributed by atoms with Crippen molar-refractivity contribution < 1.29 is 19.1 Å². The standard InChI is InChI=1S/C18H22N2O4S/c1-24-17(23)18(9-5-2-6-10-18)19-15(21)11-20-13-7-3-4-8-14(13)25-12-16(20)22/h3-4,7-8H,2,5-6,9-12H2,1H3,(H,19,21). The van der Waals surface area contributed by atoms with Crippen LogP contribution in [0.5, 0.6) is 0 Å². The Kier molecular flexibility index (Phi) is 5.32. The molecule has 0 bridgehead atoms. The predicted octanol–water partition coefficient (Wildman–Crippen LogP) is 2.12. The van der Waals surface area contributed by atoms with Crippen molar-refractivity contribution >= 4 is 35.2 Å². The molecule has 7 heteroatoms. The first-order valence-corrected chi connectivity index (χ1v) is 9.46. The number of carbonyl (C=O) groups excluding carboxylic acids is 3. The number of esters is 1. The van der Waals surface area contributed by atoms with Crippen LogP contribution in [0.1, 0.15) is 32.1 Å². The highest BCUT2D eigenvalue weighted by Crippen LogP contribution is 2.35. The molecule has 2 amide bonds. The van der Waals surface area contributed by atoms with Gasteiger partial charge in [-0.05, 0) is 25.0 Å². The maximum atomic E-state index is 12.6. The summed E-state index contributed by atoms with van der Waals surface area (Å²) in [5, 5.41) is 2.87. The summed E-state index contributed by atoms with van der Waals surface area (Å²) >= 11 is 1.47. The minimum atomic E-state index is -0.961. The van der Waals surface area contributed by atoms with E-state index < -0.39 is 11.5 Å². The van der Waals surface area contributed by atoms with E-state index in [1.54, 1.807) is 0 Å². The Labute approximate surface area is 151 Å². The molecule has 1 fully saturated rings. The van der Waals surface area contributed by atoms with Gasteiger partial charge < -0.3 is 15.0 Å². The van der Waals surface area contributed by atoms with Crippen LogP contribution in [0, 0.1) is 0 Å². The smallest absolute Gasteiger partial charge is 0.331 e. The van der Waals surface area contributed by atoms with E-state index >= 15 is 0 Å². The Morgan fingerprint density at radius 1 is 1.24 bits per heavy atom. The fourth-order valence-corrected chi connectivity index (χ4v) is 4.44. The van der Waals surface area contributed by atoms with E-state index in [2.05, 4.69) is 5.32 Å². The molecule has 1 aromatic carbocycles. The van der Waals surface area contributed by atoms with Gasteiger partial charge in [-0.25, -0.2) is 4.79 Å². The van der Waals surface area contributed by atoms with Crippen molar-refractivity contribution in [2.45, 2.75) is 42.5 Å². The van der Waals surface area contributed by atoms with Crippen molar-refractivity contribution in [3.05, 3.63) is 24.3 Å². The molecule has 6 nitrogen and oxygen atoms in total. The second-order valence-electron chi connectivity index (χ2n) is 6.42. The Hall–Kier alpha value is -2.02. The van der Waals surface area contributed by atoms with Gasteiger partial charge in [-0.2, -0.15) is 0 Å². The Morgan fingerprint density at radius 2 is 1.96 bits per heavy atom. The van der Waals surface area contributed by atoms with E-state index in [9.17, 15) is 14.4 Å². The fourth-order valence-electron chi connectivity index (χ4n) is 3.51. The van der Waals surface area contributed by atoms with Crippen LogP contribution in [-0.2, 0) is 19.1 Å². The molecule has 0 radical (unpaired) electrons. The number of anilines is 1. The van der Waals surface area contributed by atoms with Gasteiger partial charge >= 0.3 is 5.97 Å². The highest BCUT2D eigenvalue weighted by molar-refractivity contribution is 8.00. The highest BCUT2D eigenvalue weighted by atomic mass is 32.2. The third-order valence-corrected chi connectivity index (χ3v) is 5.82. The molecular weight excluding hydrogens is 340 g/mol. The lowest BCUT2D eigenvalue weighted by Crippen LogP contribution is -2.58. The monoisotopic (exact) mass is 362 g/mol. The van der Waals surface area contributed by atoms with Crippen molar-refractivity contribution in [1.29, 1.82) is 0 Å². The number of nitrogens with zero attached hydrogens (tertiary/aromatic N) is 1. The number of hydrogen-bond acceptors (Lipinski definition) is 5. The minimum Gasteiger partial charge on any atom is -0.467 e. The van der Waals surface area contributed by atoms with E-state index in [0.29, 0.717) is 18.6 Å². The molecular formula is C18H22N2O4S. The van der Waals surface area contributed by atoms with Gasteiger partial charge in [0, 0.05) is 4.90 Å². The zero-order valence-corrected chi connectivity index (χ0v) is 15.1. The topological polar surface area (TPSA) is 75.7 Å². The maximum Gasteiger partial charge on any atom is 0.331 e. The Morgan fingerprint density at radius 3 is 2.68 bits per heavy atom. The first-order valence-electron chi connectivity index (χ1n) is 8.47. The Bertz CT molecular complexity index is 685. The van der Waals surface area contributed by atoms with E-state index in [1.165, 1.54) is 23.8 Å². The largest absolute Gasteiger partial charge is 0.467 e. The number of ether oxygens (including phenoxy) is 1. The van der Waals surface area contributed by atoms with Crippen LogP contribution in [0.25, 0.3) is 0 Å². The van der Waals surface area contributed by atoms with Crippen LogP contribution in [0.4, 0.5) is 5.69 Å². The molecule has 25 heavy (non-hydrogen) atoms. The molecule has 0 saturated heterocycles. The minimum absolute atomic E-state index is 0.0881. The van der Waals surface area contributed by atoms with Crippen molar-refractivity contribution in [2.24, 2.45) is 0 Å². The zero-order valence-electron chi connectivity index (χ0n) is 14.2. The van der Waals surface area contributed by atoms with E-state index in [0.717, 1.165) is 29.8 Å². The summed E-state index contributed by atoms with van der Waals surface area (Å²) in [6.07, 6.45) is 3.94. The fraction of sp³-hybridized carbons (Fsp3) is 0.500. The summed E-state index contributed by atoms with van der Waals surface area (Å²) in [6, 6.07) is 7.53. The number of hydrogen-bond donors (Lipinski definition) is 1. The van der Waals surface area contributed by atoms with E-state index in [4.69, 9.17) is 4.74 Å². The molecule has 134 valence electrons. The maximum absolute atomic E-state index is 12.6. The molecule has 1 aromatic rings. The summed E-state index contributed by atoms with van der Waals surface area (Å²) in [7, 11) is 1.34. The number of methoxy groups -OCH3 is 1. The highest BCUT2D eigenvalue weighted by Gasteiger charge is 2.42. The van der Waals surface area contributed by atoms with Crippen molar-refractivity contribution in [1.82, 2.24) is 5.32 Å². The van der Waals surface area contributed by atoms with E-state index in [-0.39, 0.29) is 18.4 Å². The van der Waals surface area contributed by atoms with Gasteiger partial charge in [0.2, 0.25) is 11.8 Å². The quantitative estimate of drug-likeness (QED) is 0.831. The number of carbonyl (C=O) groups is 3. The summed E-state index contributed by atoms with van der Waals surface area (Å²) in [6.45, 7) is -0.0881. The number of rotatable bonds is 4. The lowest BCUT2D eigenvalue weighted by atomic mass is 9.81. The average Bonchev–Trinajstić information content (AvgIpc) is 2.64. The molecule has 0 aromatic heterocycles. The molecule has 0 unspecified atom stereocenters. The van der Waals surface area contributed by atoms with Gasteiger partial charge in [-0.15, -0.1) is 11.8 Å². The van der Waals surface area contributed by atoms with Crippen LogP contribution in [0.3, 0.4) is 0 Å². The van der Waals surface area contributed by atoms with Crippen LogP contribution < -0.4 is 10.2 Å². The molecule has 1 saturated carbocycles. The molecule has 0 atom stereocenters. The molecule has 1 N–H and O–H groups in total. The van der Waals surface area contributed by atoms with Crippen molar-refractivity contribution in [3.8, 4) is 0 Å². The van der Waals surface area contributed by atoms with Crippen LogP contribution in [0.15, 0.2) is 29.2 Å². The summed E-state index contributed by atoms with van der Waals surface area (Å²) in [4.78, 5) is 39.7. The number of fused-ring (bicyclic) bond motifs is 1. The van der Waals surface area contributed by atoms with Crippen LogP contribution in [0.2, 0.25) is 0 Å². The second kappa shape index (κ2) is 7.47. The SMILES string of the molecule is COC(=O)C1(NC(=O)CN2C(=O)CSc3ccccc32)CCCCC1. The van der Waals surface area contributed by atoms with Crippen LogP contribution >= 0.6 is 11.8 Å². The summed E-state index contributed by atoms with van der Waals surface area (Å²) in [5.74, 6) is -0.523. The number of thioether (sulfide) groups is 1. The van der Waals surface area contributed by atoms with Gasteiger partial charge in [-0.3, -0.25) is 9.59 Å². The van der Waals surface area contributed by atoms with Crippen molar-refractivity contribution in [2.75, 3.05) is 24.3 Å². The number of para-hydroxylation sites is 1. The normalized spacial score (nSPS) is 19.1. The first-order chi connectivity index (χ1) is 12.1. The molecule has 1 aliphatic heterocycles. The van der Waals surface area contributed by atoms with Gasteiger partial charge in [0.05, 0.1) is 18.6 Å². The summed E-state index contributed by atoms with van der Waals surface area (Å²) in [5.41, 5.74) is -0.216. The predicted molar refractivity (Wildman–Crippen MR) is 95.5 cm³/mol. The van der Waals surface area contributed by atoms with E-state index in [1.807, 2.05) is 24.3 Å². The molecule has 1 aliphatic carbocycles. The molecule has 0 spiro atoms. The van der Waals surface area contributed by atoms with Gasteiger partial charge in [0.25, 0.3) is 0 Å². The molecule has 2 aliphatic rings. The molecule has 3 rings (SSSR count). The van der Waals surface area contributed by atoms with Gasteiger partial charge in [-0.1, -0.05) is 31.4 Å². The number of amides is 2. The number of nitrogens with one attached hydrogen (secondary N) is 1. The lowest BCUT2D eigenvalue weighted by molar-refractivity contribution is -0.152. The third-order valence-electron chi connectivity index (χ3n) is 4.77. The zero-order chi connectivity index (χ0) is 17.9. The number of benzene rings is 1. The van der Waals surface area contributed by atoms with Crippen molar-refractivity contribution in [3.63, 3.8) is 0 Å². The molecule has 1 heterocycles. The second-order valence-corrected chi connectivity index (χ2v) is 7.44. The summed E-state index contributed by atoms with van der Waals surface area (Å²) < 4.78 is 4.92. The Balaban J connectivity index is 1.75. The van der Waals surface area contributed by atoms with Gasteiger partial charge in [0.15, 0.2) is 0 Å². The first kappa shape index (κ1) is 17.8. The third kappa shape index (κ3) is 3.66. The average molecular weight is 362 g/mol.